The number of hydrogen-bond donors (Lipinski definition) is 1. The first-order valence-electron chi connectivity index (χ1n) is 9.22. The molecule has 7 heteroatoms. The van der Waals surface area contributed by atoms with Crippen molar-refractivity contribution in [1.82, 2.24) is 14.9 Å². The molecule has 0 spiro atoms. The highest BCUT2D eigenvalue weighted by Gasteiger charge is 2.14. The number of nitrogens with one attached hydrogen (secondary N) is 1. The Morgan fingerprint density at radius 3 is 2.59 bits per heavy atom. The number of fused-ring (bicyclic) bond motifs is 1. The maximum Gasteiger partial charge on any atom is 0.251 e. The van der Waals surface area contributed by atoms with Gasteiger partial charge < -0.3 is 14.3 Å². The van der Waals surface area contributed by atoms with E-state index in [1.54, 1.807) is 12.1 Å². The van der Waals surface area contributed by atoms with E-state index in [0.717, 1.165) is 16.8 Å². The zero-order valence-corrected chi connectivity index (χ0v) is 17.5. The van der Waals surface area contributed by atoms with Gasteiger partial charge in [0.1, 0.15) is 11.5 Å². The topological polar surface area (TPSA) is 60.1 Å². The number of nitrogens with zero attached hydrogens (tertiary/aromatic N) is 2. The molecule has 0 unspecified atom stereocenters. The van der Waals surface area contributed by atoms with Crippen LogP contribution >= 0.6 is 23.2 Å². The first-order chi connectivity index (χ1) is 13.9. The molecule has 0 aliphatic rings. The molecular weight excluding hydrogens is 409 g/mol. The van der Waals surface area contributed by atoms with Crippen LogP contribution in [0, 0.1) is 0 Å². The maximum absolute atomic E-state index is 12.6. The summed E-state index contributed by atoms with van der Waals surface area (Å²) in [4.78, 5) is 16.9. The average molecular weight is 428 g/mol. The van der Waals surface area contributed by atoms with Gasteiger partial charge in [-0.1, -0.05) is 11.6 Å². The Bertz CT molecular complexity index is 1180. The number of carbonyl (C=O) groups excluding carboxylic acids is 1. The van der Waals surface area contributed by atoms with E-state index in [-0.39, 0.29) is 18.5 Å². The summed E-state index contributed by atoms with van der Waals surface area (Å²) in [6.45, 7) is 4.36. The second kappa shape index (κ2) is 7.93. The number of carbonyl (C=O) groups is 1. The third-order valence-electron chi connectivity index (χ3n) is 4.64. The van der Waals surface area contributed by atoms with Crippen molar-refractivity contribution >= 4 is 40.1 Å². The molecule has 0 radical (unpaired) electrons. The van der Waals surface area contributed by atoms with E-state index < -0.39 is 0 Å². The van der Waals surface area contributed by atoms with E-state index in [0.29, 0.717) is 27.1 Å². The van der Waals surface area contributed by atoms with Crippen LogP contribution in [0.1, 0.15) is 36.0 Å². The van der Waals surface area contributed by atoms with Crippen LogP contribution in [-0.2, 0) is 6.54 Å². The summed E-state index contributed by atoms with van der Waals surface area (Å²) in [6, 6.07) is 16.7. The predicted octanol–water partition coefficient (Wildman–Crippen LogP) is 6.11. The summed E-state index contributed by atoms with van der Waals surface area (Å²) in [6.07, 6.45) is 0. The second-order valence-corrected chi connectivity index (χ2v) is 7.78. The van der Waals surface area contributed by atoms with Crippen LogP contribution in [0.5, 0.6) is 0 Å². The Morgan fingerprint density at radius 1 is 1.10 bits per heavy atom. The molecule has 1 amide bonds. The van der Waals surface area contributed by atoms with Crippen molar-refractivity contribution in [2.24, 2.45) is 0 Å². The molecule has 0 bridgehead atoms. The van der Waals surface area contributed by atoms with Gasteiger partial charge in [-0.3, -0.25) is 4.79 Å². The van der Waals surface area contributed by atoms with Gasteiger partial charge in [0, 0.05) is 22.2 Å². The molecular formula is C22H19Cl2N3O2. The summed E-state index contributed by atoms with van der Waals surface area (Å²) in [5.41, 5.74) is 3.04. The van der Waals surface area contributed by atoms with Gasteiger partial charge in [0.25, 0.3) is 5.91 Å². The molecule has 4 rings (SSSR count). The molecule has 1 N–H and O–H groups in total. The second-order valence-electron chi connectivity index (χ2n) is 7.00. The van der Waals surface area contributed by atoms with Crippen molar-refractivity contribution < 1.29 is 9.21 Å². The minimum absolute atomic E-state index is 0.181. The van der Waals surface area contributed by atoms with Crippen LogP contribution < -0.4 is 5.32 Å². The summed E-state index contributed by atoms with van der Waals surface area (Å²) in [7, 11) is 0. The zero-order chi connectivity index (χ0) is 20.5. The fourth-order valence-corrected chi connectivity index (χ4v) is 3.72. The normalized spacial score (nSPS) is 11.3. The highest BCUT2D eigenvalue weighted by atomic mass is 35.5. The van der Waals surface area contributed by atoms with E-state index in [9.17, 15) is 4.79 Å². The number of imidazole rings is 1. The summed E-state index contributed by atoms with van der Waals surface area (Å²) < 4.78 is 7.75. The predicted molar refractivity (Wildman–Crippen MR) is 115 cm³/mol. The minimum Gasteiger partial charge on any atom is -0.459 e. The standard InChI is InChI=1S/C22H19Cl2N3O2/c1-13(2)27-19-9-5-15(11-18(19)26-22(27)24)21(28)25-12-17-8-10-20(29-17)14-3-6-16(23)7-4-14/h3-11,13H,12H2,1-2H3,(H,25,28). The molecule has 148 valence electrons. The number of amides is 1. The van der Waals surface area contributed by atoms with Crippen molar-refractivity contribution in [3.05, 3.63) is 76.2 Å². The van der Waals surface area contributed by atoms with Gasteiger partial charge in [0.15, 0.2) is 0 Å². The lowest BCUT2D eigenvalue weighted by Crippen LogP contribution is -2.22. The minimum atomic E-state index is -0.202. The van der Waals surface area contributed by atoms with Crippen LogP contribution in [0.2, 0.25) is 10.3 Å². The smallest absolute Gasteiger partial charge is 0.251 e. The maximum atomic E-state index is 12.6. The van der Waals surface area contributed by atoms with Gasteiger partial charge in [-0.05, 0) is 80.0 Å². The van der Waals surface area contributed by atoms with Crippen molar-refractivity contribution in [3.63, 3.8) is 0 Å². The molecule has 2 heterocycles. The quantitative estimate of drug-likeness (QED) is 0.417. The van der Waals surface area contributed by atoms with Crippen molar-refractivity contribution in [2.75, 3.05) is 0 Å². The van der Waals surface area contributed by atoms with E-state index in [4.69, 9.17) is 27.6 Å². The molecule has 29 heavy (non-hydrogen) atoms. The highest BCUT2D eigenvalue weighted by Crippen LogP contribution is 2.26. The molecule has 0 fully saturated rings. The van der Waals surface area contributed by atoms with Gasteiger partial charge in [-0.15, -0.1) is 0 Å². The van der Waals surface area contributed by atoms with Crippen LogP contribution in [0.3, 0.4) is 0 Å². The van der Waals surface area contributed by atoms with Crippen molar-refractivity contribution in [2.45, 2.75) is 26.4 Å². The van der Waals surface area contributed by atoms with Gasteiger partial charge in [-0.25, -0.2) is 4.98 Å². The molecule has 0 saturated carbocycles. The number of rotatable bonds is 5. The third-order valence-corrected chi connectivity index (χ3v) is 5.16. The number of halogens is 2. The molecule has 2 aromatic heterocycles. The molecule has 0 aliphatic carbocycles. The monoisotopic (exact) mass is 427 g/mol. The first-order valence-corrected chi connectivity index (χ1v) is 9.98. The SMILES string of the molecule is CC(C)n1c(Cl)nc2cc(C(=O)NCc3ccc(-c4ccc(Cl)cc4)o3)ccc21. The Balaban J connectivity index is 1.47. The molecule has 0 atom stereocenters. The molecule has 4 aromatic rings. The third kappa shape index (κ3) is 4.02. The number of benzene rings is 2. The van der Waals surface area contributed by atoms with Crippen LogP contribution in [0.25, 0.3) is 22.4 Å². The van der Waals surface area contributed by atoms with Crippen molar-refractivity contribution in [3.8, 4) is 11.3 Å². The Labute approximate surface area is 178 Å². The Morgan fingerprint density at radius 2 is 1.86 bits per heavy atom. The summed E-state index contributed by atoms with van der Waals surface area (Å²) in [5.74, 6) is 1.18. The number of aromatic nitrogens is 2. The fourth-order valence-electron chi connectivity index (χ4n) is 3.21. The molecule has 0 saturated heterocycles. The van der Waals surface area contributed by atoms with E-state index in [2.05, 4.69) is 10.3 Å². The van der Waals surface area contributed by atoms with Gasteiger partial charge in [-0.2, -0.15) is 0 Å². The Kier molecular flexibility index (Phi) is 5.35. The van der Waals surface area contributed by atoms with Crippen LogP contribution in [0.15, 0.2) is 59.0 Å². The molecule has 2 aromatic carbocycles. The van der Waals surface area contributed by atoms with Gasteiger partial charge in [0.05, 0.1) is 17.6 Å². The van der Waals surface area contributed by atoms with Crippen LogP contribution in [-0.4, -0.2) is 15.5 Å². The van der Waals surface area contributed by atoms with Crippen molar-refractivity contribution in [1.29, 1.82) is 0 Å². The highest BCUT2D eigenvalue weighted by molar-refractivity contribution is 6.30. The van der Waals surface area contributed by atoms with Gasteiger partial charge in [0.2, 0.25) is 5.28 Å². The average Bonchev–Trinajstić information content (AvgIpc) is 3.29. The van der Waals surface area contributed by atoms with Crippen LogP contribution in [0.4, 0.5) is 0 Å². The van der Waals surface area contributed by atoms with Gasteiger partial charge >= 0.3 is 0 Å². The summed E-state index contributed by atoms with van der Waals surface area (Å²) in [5, 5.41) is 3.96. The lowest BCUT2D eigenvalue weighted by atomic mass is 10.2. The lowest BCUT2D eigenvalue weighted by molar-refractivity contribution is 0.0948. The molecule has 0 aliphatic heterocycles. The summed E-state index contributed by atoms with van der Waals surface area (Å²) >= 11 is 12.1. The first kappa shape index (κ1) is 19.6. The lowest BCUT2D eigenvalue weighted by Gasteiger charge is -2.09. The Hall–Kier alpha value is -2.76. The zero-order valence-electron chi connectivity index (χ0n) is 15.9. The van der Waals surface area contributed by atoms with E-state index >= 15 is 0 Å². The number of hydrogen-bond acceptors (Lipinski definition) is 3. The van der Waals surface area contributed by atoms with E-state index in [1.165, 1.54) is 0 Å². The van der Waals surface area contributed by atoms with E-state index in [1.807, 2.05) is 60.9 Å². The fraction of sp³-hybridized carbons (Fsp3) is 0.182. The molecule has 5 nitrogen and oxygen atoms in total. The number of furan rings is 1. The largest absolute Gasteiger partial charge is 0.459 e.